The fourth-order valence-corrected chi connectivity index (χ4v) is 2.53. The average molecular weight is 247 g/mol. The van der Waals surface area contributed by atoms with Crippen molar-refractivity contribution in [3.8, 4) is 0 Å². The molecule has 1 aromatic rings. The second kappa shape index (κ2) is 5.96. The maximum atomic E-state index is 12.3. The van der Waals surface area contributed by atoms with Crippen molar-refractivity contribution in [1.82, 2.24) is 15.2 Å². The van der Waals surface area contributed by atoms with Crippen LogP contribution in [0.2, 0.25) is 0 Å². The molecule has 1 atom stereocenters. The normalized spacial score (nSPS) is 19.9. The predicted molar refractivity (Wildman–Crippen MR) is 71.5 cm³/mol. The lowest BCUT2D eigenvalue weighted by Gasteiger charge is -2.32. The van der Waals surface area contributed by atoms with E-state index in [0.717, 1.165) is 31.7 Å². The summed E-state index contributed by atoms with van der Waals surface area (Å²) in [6, 6.07) is 5.61. The summed E-state index contributed by atoms with van der Waals surface area (Å²) >= 11 is 0. The van der Waals surface area contributed by atoms with Gasteiger partial charge >= 0.3 is 0 Å². The van der Waals surface area contributed by atoms with Gasteiger partial charge in [-0.3, -0.25) is 4.79 Å². The topological polar surface area (TPSA) is 45.2 Å². The van der Waals surface area contributed by atoms with Crippen LogP contribution in [-0.2, 0) is 0 Å². The van der Waals surface area contributed by atoms with E-state index in [1.807, 2.05) is 31.0 Å². The molecule has 2 rings (SSSR count). The lowest BCUT2D eigenvalue weighted by Crippen LogP contribution is -2.42. The fraction of sp³-hybridized carbons (Fsp3) is 0.571. The van der Waals surface area contributed by atoms with Crippen LogP contribution in [0.1, 0.15) is 29.0 Å². The van der Waals surface area contributed by atoms with Gasteiger partial charge in [0.05, 0.1) is 0 Å². The van der Waals surface area contributed by atoms with Crippen LogP contribution in [0.25, 0.3) is 0 Å². The molecule has 1 aromatic heterocycles. The van der Waals surface area contributed by atoms with Crippen LogP contribution in [0.5, 0.6) is 0 Å². The summed E-state index contributed by atoms with van der Waals surface area (Å²) in [6.07, 6.45) is 2.29. The zero-order chi connectivity index (χ0) is 13.0. The molecule has 18 heavy (non-hydrogen) atoms. The van der Waals surface area contributed by atoms with Gasteiger partial charge in [0.15, 0.2) is 0 Å². The van der Waals surface area contributed by atoms with E-state index in [0.29, 0.717) is 11.6 Å². The predicted octanol–water partition coefficient (Wildman–Crippen LogP) is 1.46. The molecule has 0 radical (unpaired) electrons. The van der Waals surface area contributed by atoms with Gasteiger partial charge in [0.2, 0.25) is 0 Å². The van der Waals surface area contributed by atoms with E-state index in [1.54, 1.807) is 6.07 Å². The molecule has 1 N–H and O–H groups in total. The SMILES string of the molecule is CNCC1CCCN(C(=O)c2cccc(C)n2)C1. The molecule has 1 amide bonds. The molecule has 4 nitrogen and oxygen atoms in total. The van der Waals surface area contributed by atoms with E-state index in [1.165, 1.54) is 6.42 Å². The van der Waals surface area contributed by atoms with Crippen LogP contribution in [0.4, 0.5) is 0 Å². The summed E-state index contributed by atoms with van der Waals surface area (Å²) in [6.45, 7) is 4.59. The minimum atomic E-state index is 0.0690. The van der Waals surface area contributed by atoms with Gasteiger partial charge in [0, 0.05) is 18.8 Å². The average Bonchev–Trinajstić information content (AvgIpc) is 2.39. The molecule has 4 heteroatoms. The molecule has 1 saturated heterocycles. The van der Waals surface area contributed by atoms with Crippen LogP contribution in [0, 0.1) is 12.8 Å². The molecule has 1 aliphatic heterocycles. The lowest BCUT2D eigenvalue weighted by molar-refractivity contribution is 0.0668. The van der Waals surface area contributed by atoms with Gasteiger partial charge in [0.25, 0.3) is 5.91 Å². The number of amides is 1. The van der Waals surface area contributed by atoms with E-state index in [9.17, 15) is 4.79 Å². The summed E-state index contributed by atoms with van der Waals surface area (Å²) in [5.74, 6) is 0.636. The summed E-state index contributed by atoms with van der Waals surface area (Å²) in [4.78, 5) is 18.6. The van der Waals surface area contributed by atoms with E-state index in [4.69, 9.17) is 0 Å². The van der Waals surface area contributed by atoms with Crippen molar-refractivity contribution in [2.45, 2.75) is 19.8 Å². The van der Waals surface area contributed by atoms with Crippen molar-refractivity contribution >= 4 is 5.91 Å². The molecule has 0 spiro atoms. The number of aromatic nitrogens is 1. The second-order valence-electron chi connectivity index (χ2n) is 4.98. The highest BCUT2D eigenvalue weighted by Gasteiger charge is 2.24. The molecule has 98 valence electrons. The molecule has 0 aliphatic carbocycles. The zero-order valence-corrected chi connectivity index (χ0v) is 11.1. The van der Waals surface area contributed by atoms with Crippen molar-refractivity contribution in [3.05, 3.63) is 29.6 Å². The van der Waals surface area contributed by atoms with E-state index < -0.39 is 0 Å². The molecule has 2 heterocycles. The molecule has 1 aliphatic rings. The highest BCUT2D eigenvalue weighted by atomic mass is 16.2. The second-order valence-corrected chi connectivity index (χ2v) is 4.98. The Bertz CT molecular complexity index is 417. The Morgan fingerprint density at radius 1 is 1.56 bits per heavy atom. The van der Waals surface area contributed by atoms with Gasteiger partial charge in [-0.1, -0.05) is 6.07 Å². The van der Waals surface area contributed by atoms with Crippen LogP contribution in [0.15, 0.2) is 18.2 Å². The Morgan fingerprint density at radius 3 is 3.11 bits per heavy atom. The number of rotatable bonds is 3. The number of nitrogens with zero attached hydrogens (tertiary/aromatic N) is 2. The first-order chi connectivity index (χ1) is 8.70. The van der Waals surface area contributed by atoms with Crippen molar-refractivity contribution in [2.75, 3.05) is 26.7 Å². The molecule has 0 bridgehead atoms. The highest BCUT2D eigenvalue weighted by Crippen LogP contribution is 2.17. The van der Waals surface area contributed by atoms with Crippen molar-refractivity contribution in [2.24, 2.45) is 5.92 Å². The van der Waals surface area contributed by atoms with Gasteiger partial charge in [-0.15, -0.1) is 0 Å². The first-order valence-electron chi connectivity index (χ1n) is 6.58. The Labute approximate surface area is 108 Å². The highest BCUT2D eigenvalue weighted by molar-refractivity contribution is 5.92. The van der Waals surface area contributed by atoms with Gasteiger partial charge in [-0.2, -0.15) is 0 Å². The first kappa shape index (κ1) is 13.0. The molecular weight excluding hydrogens is 226 g/mol. The summed E-state index contributed by atoms with van der Waals surface area (Å²) in [5, 5.41) is 3.19. The number of likely N-dealkylation sites (tertiary alicyclic amines) is 1. The maximum absolute atomic E-state index is 12.3. The van der Waals surface area contributed by atoms with Crippen molar-refractivity contribution in [1.29, 1.82) is 0 Å². The van der Waals surface area contributed by atoms with Crippen LogP contribution in [0.3, 0.4) is 0 Å². The van der Waals surface area contributed by atoms with E-state index >= 15 is 0 Å². The van der Waals surface area contributed by atoms with E-state index in [2.05, 4.69) is 10.3 Å². The Morgan fingerprint density at radius 2 is 2.39 bits per heavy atom. The number of carbonyl (C=O) groups excluding carboxylic acids is 1. The standard InChI is InChI=1S/C14H21N3O/c1-11-5-3-7-13(16-11)14(18)17-8-4-6-12(10-17)9-15-2/h3,5,7,12,15H,4,6,8-10H2,1-2H3. The largest absolute Gasteiger partial charge is 0.337 e. The third-order valence-electron chi connectivity index (χ3n) is 3.41. The maximum Gasteiger partial charge on any atom is 0.272 e. The molecular formula is C14H21N3O. The third-order valence-corrected chi connectivity index (χ3v) is 3.41. The Balaban J connectivity index is 2.04. The smallest absolute Gasteiger partial charge is 0.272 e. The zero-order valence-electron chi connectivity index (χ0n) is 11.1. The first-order valence-corrected chi connectivity index (χ1v) is 6.58. The van der Waals surface area contributed by atoms with Crippen LogP contribution >= 0.6 is 0 Å². The number of pyridine rings is 1. The fourth-order valence-electron chi connectivity index (χ4n) is 2.53. The quantitative estimate of drug-likeness (QED) is 0.879. The number of carbonyl (C=O) groups is 1. The summed E-state index contributed by atoms with van der Waals surface area (Å²) in [7, 11) is 1.96. The molecule has 0 saturated carbocycles. The van der Waals surface area contributed by atoms with Gasteiger partial charge in [-0.25, -0.2) is 4.98 Å². The number of aryl methyl sites for hydroxylation is 1. The number of hydrogen-bond acceptors (Lipinski definition) is 3. The monoisotopic (exact) mass is 247 g/mol. The van der Waals surface area contributed by atoms with Crippen LogP contribution in [-0.4, -0.2) is 42.5 Å². The minimum Gasteiger partial charge on any atom is -0.337 e. The molecule has 0 aromatic carbocycles. The van der Waals surface area contributed by atoms with Crippen molar-refractivity contribution in [3.63, 3.8) is 0 Å². The Hall–Kier alpha value is -1.42. The van der Waals surface area contributed by atoms with Gasteiger partial charge in [-0.05, 0) is 51.4 Å². The third kappa shape index (κ3) is 3.07. The minimum absolute atomic E-state index is 0.0690. The summed E-state index contributed by atoms with van der Waals surface area (Å²) < 4.78 is 0. The summed E-state index contributed by atoms with van der Waals surface area (Å²) in [5.41, 5.74) is 1.46. The number of nitrogens with one attached hydrogen (secondary N) is 1. The van der Waals surface area contributed by atoms with Crippen molar-refractivity contribution < 1.29 is 4.79 Å². The molecule has 1 fully saturated rings. The number of hydrogen-bond donors (Lipinski definition) is 1. The number of piperidine rings is 1. The Kier molecular flexibility index (Phi) is 4.31. The van der Waals surface area contributed by atoms with E-state index in [-0.39, 0.29) is 5.91 Å². The van der Waals surface area contributed by atoms with Crippen LogP contribution < -0.4 is 5.32 Å². The van der Waals surface area contributed by atoms with Gasteiger partial charge < -0.3 is 10.2 Å². The lowest BCUT2D eigenvalue weighted by atomic mass is 9.98. The molecule has 1 unspecified atom stereocenters. The van der Waals surface area contributed by atoms with Gasteiger partial charge in [0.1, 0.15) is 5.69 Å².